The van der Waals surface area contributed by atoms with E-state index in [1.54, 1.807) is 6.20 Å². The minimum Gasteiger partial charge on any atom is -0.368 e. The quantitative estimate of drug-likeness (QED) is 0.894. The Morgan fingerprint density at radius 3 is 2.78 bits per heavy atom. The molecule has 4 nitrogen and oxygen atoms in total. The fraction of sp³-hybridized carbons (Fsp3) is 0.357. The van der Waals surface area contributed by atoms with Crippen molar-refractivity contribution < 1.29 is 0 Å². The molecule has 0 aliphatic carbocycles. The van der Waals surface area contributed by atoms with Gasteiger partial charge in [-0.2, -0.15) is 0 Å². The van der Waals surface area contributed by atoms with Gasteiger partial charge in [-0.15, -0.1) is 0 Å². The Morgan fingerprint density at radius 1 is 1.17 bits per heavy atom. The summed E-state index contributed by atoms with van der Waals surface area (Å²) in [6.07, 6.45) is 6.48. The first-order valence-electron chi connectivity index (χ1n) is 6.10. The van der Waals surface area contributed by atoms with Gasteiger partial charge < -0.3 is 5.32 Å². The second-order valence-electron chi connectivity index (χ2n) is 4.42. The van der Waals surface area contributed by atoms with Crippen molar-refractivity contribution in [1.29, 1.82) is 0 Å². The molecule has 0 bridgehead atoms. The van der Waals surface area contributed by atoms with E-state index >= 15 is 0 Å². The normalized spacial score (nSPS) is 10.4. The first-order valence-corrected chi connectivity index (χ1v) is 6.10. The van der Waals surface area contributed by atoms with Crippen LogP contribution >= 0.6 is 0 Å². The molecule has 0 aromatic carbocycles. The molecule has 18 heavy (non-hydrogen) atoms. The Hall–Kier alpha value is -1.97. The molecule has 0 saturated carbocycles. The molecular weight excluding hydrogens is 224 g/mol. The summed E-state index contributed by atoms with van der Waals surface area (Å²) in [5.74, 6) is 0.877. The molecule has 0 spiro atoms. The molecule has 0 aliphatic rings. The number of aryl methyl sites for hydroxylation is 3. The molecule has 0 amide bonds. The van der Waals surface area contributed by atoms with Gasteiger partial charge in [0, 0.05) is 25.1 Å². The van der Waals surface area contributed by atoms with Crippen LogP contribution in [-0.2, 0) is 6.42 Å². The van der Waals surface area contributed by atoms with Crippen molar-refractivity contribution in [3.63, 3.8) is 0 Å². The smallest absolute Gasteiger partial charge is 0.147 e. The summed E-state index contributed by atoms with van der Waals surface area (Å²) in [4.78, 5) is 12.8. The summed E-state index contributed by atoms with van der Waals surface area (Å²) in [7, 11) is 0. The van der Waals surface area contributed by atoms with E-state index in [0.29, 0.717) is 0 Å². The zero-order chi connectivity index (χ0) is 13.0. The van der Waals surface area contributed by atoms with Gasteiger partial charge in [0.2, 0.25) is 0 Å². The average molecular weight is 242 g/mol. The van der Waals surface area contributed by atoms with Crippen LogP contribution in [0.3, 0.4) is 0 Å². The molecular formula is C14H18N4. The Morgan fingerprint density at radius 2 is 2.00 bits per heavy atom. The fourth-order valence-corrected chi connectivity index (χ4v) is 1.80. The van der Waals surface area contributed by atoms with Gasteiger partial charge in [-0.1, -0.05) is 0 Å². The number of nitrogens with zero attached hydrogens (tertiary/aromatic N) is 3. The molecule has 0 aliphatic heterocycles. The molecule has 2 rings (SSSR count). The third-order valence-corrected chi connectivity index (χ3v) is 2.90. The van der Waals surface area contributed by atoms with E-state index in [0.717, 1.165) is 30.2 Å². The van der Waals surface area contributed by atoms with E-state index in [2.05, 4.69) is 33.3 Å². The van der Waals surface area contributed by atoms with Crippen LogP contribution in [-0.4, -0.2) is 21.5 Å². The summed E-state index contributed by atoms with van der Waals surface area (Å²) in [5, 5.41) is 3.34. The summed E-state index contributed by atoms with van der Waals surface area (Å²) >= 11 is 0. The van der Waals surface area contributed by atoms with Gasteiger partial charge in [-0.05, 0) is 44.4 Å². The lowest BCUT2D eigenvalue weighted by Crippen LogP contribution is -2.09. The monoisotopic (exact) mass is 242 g/mol. The SMILES string of the molecule is Cc1cnc(C)c(NCCc2ccncc2C)n1. The zero-order valence-electron chi connectivity index (χ0n) is 11.1. The highest BCUT2D eigenvalue weighted by Gasteiger charge is 2.02. The molecule has 1 N–H and O–H groups in total. The highest BCUT2D eigenvalue weighted by Crippen LogP contribution is 2.10. The third kappa shape index (κ3) is 3.03. The van der Waals surface area contributed by atoms with E-state index < -0.39 is 0 Å². The largest absolute Gasteiger partial charge is 0.368 e. The van der Waals surface area contributed by atoms with Crippen molar-refractivity contribution in [2.45, 2.75) is 27.2 Å². The molecule has 0 saturated heterocycles. The van der Waals surface area contributed by atoms with Crippen molar-refractivity contribution in [1.82, 2.24) is 15.0 Å². The van der Waals surface area contributed by atoms with E-state index in [-0.39, 0.29) is 0 Å². The fourth-order valence-electron chi connectivity index (χ4n) is 1.80. The predicted molar refractivity (Wildman–Crippen MR) is 72.7 cm³/mol. The lowest BCUT2D eigenvalue weighted by atomic mass is 10.1. The van der Waals surface area contributed by atoms with Crippen LogP contribution < -0.4 is 5.32 Å². The maximum absolute atomic E-state index is 4.44. The first-order chi connectivity index (χ1) is 8.66. The number of hydrogen-bond donors (Lipinski definition) is 1. The first kappa shape index (κ1) is 12.5. The Balaban J connectivity index is 1.96. The van der Waals surface area contributed by atoms with E-state index in [9.17, 15) is 0 Å². The standard InChI is InChI=1S/C14H18N4/c1-10-8-15-6-4-13(10)5-7-16-14-12(3)17-9-11(2)18-14/h4,6,8-9H,5,7H2,1-3H3,(H,16,18). The summed E-state index contributed by atoms with van der Waals surface area (Å²) < 4.78 is 0. The molecule has 0 unspecified atom stereocenters. The molecule has 94 valence electrons. The van der Waals surface area contributed by atoms with Crippen molar-refractivity contribution in [3.8, 4) is 0 Å². The molecule has 2 aromatic heterocycles. The predicted octanol–water partition coefficient (Wildman–Crippen LogP) is 2.45. The molecule has 0 fully saturated rings. The topological polar surface area (TPSA) is 50.7 Å². The molecule has 0 atom stereocenters. The van der Waals surface area contributed by atoms with Crippen molar-refractivity contribution >= 4 is 5.82 Å². The van der Waals surface area contributed by atoms with Crippen molar-refractivity contribution in [2.24, 2.45) is 0 Å². The maximum atomic E-state index is 4.44. The van der Waals surface area contributed by atoms with Crippen LogP contribution in [0.4, 0.5) is 5.82 Å². The van der Waals surface area contributed by atoms with Gasteiger partial charge in [0.05, 0.1) is 11.4 Å². The van der Waals surface area contributed by atoms with Gasteiger partial charge >= 0.3 is 0 Å². The lowest BCUT2D eigenvalue weighted by Gasteiger charge is -2.09. The molecule has 2 aromatic rings. The average Bonchev–Trinajstić information content (AvgIpc) is 2.36. The van der Waals surface area contributed by atoms with Crippen LogP contribution in [0.15, 0.2) is 24.7 Å². The summed E-state index contributed by atoms with van der Waals surface area (Å²) in [6, 6.07) is 2.06. The van der Waals surface area contributed by atoms with Gasteiger partial charge in [0.1, 0.15) is 5.82 Å². The number of rotatable bonds is 4. The second-order valence-corrected chi connectivity index (χ2v) is 4.42. The van der Waals surface area contributed by atoms with Crippen LogP contribution in [0.1, 0.15) is 22.5 Å². The molecule has 0 radical (unpaired) electrons. The Bertz CT molecular complexity index is 537. The van der Waals surface area contributed by atoms with Crippen molar-refractivity contribution in [3.05, 3.63) is 47.2 Å². The number of anilines is 1. The van der Waals surface area contributed by atoms with Crippen LogP contribution in [0.2, 0.25) is 0 Å². The van der Waals surface area contributed by atoms with Gasteiger partial charge in [0.25, 0.3) is 0 Å². The van der Waals surface area contributed by atoms with Gasteiger partial charge in [-0.25, -0.2) is 4.98 Å². The van der Waals surface area contributed by atoms with E-state index in [1.165, 1.54) is 11.1 Å². The van der Waals surface area contributed by atoms with E-state index in [4.69, 9.17) is 0 Å². The summed E-state index contributed by atoms with van der Waals surface area (Å²) in [6.45, 7) is 6.85. The minimum absolute atomic E-state index is 0.851. The Labute approximate surface area is 108 Å². The van der Waals surface area contributed by atoms with E-state index in [1.807, 2.05) is 26.2 Å². The zero-order valence-corrected chi connectivity index (χ0v) is 11.1. The van der Waals surface area contributed by atoms with Gasteiger partial charge in [0.15, 0.2) is 0 Å². The van der Waals surface area contributed by atoms with Crippen LogP contribution in [0, 0.1) is 20.8 Å². The highest BCUT2D eigenvalue weighted by molar-refractivity contribution is 5.39. The van der Waals surface area contributed by atoms with Crippen molar-refractivity contribution in [2.75, 3.05) is 11.9 Å². The molecule has 2 heterocycles. The molecule has 4 heteroatoms. The minimum atomic E-state index is 0.851. The third-order valence-electron chi connectivity index (χ3n) is 2.90. The van der Waals surface area contributed by atoms with Crippen LogP contribution in [0.25, 0.3) is 0 Å². The second kappa shape index (κ2) is 5.58. The summed E-state index contributed by atoms with van der Waals surface area (Å²) in [5.41, 5.74) is 4.41. The number of nitrogens with one attached hydrogen (secondary N) is 1. The lowest BCUT2D eigenvalue weighted by molar-refractivity contribution is 0.962. The highest BCUT2D eigenvalue weighted by atomic mass is 15.0. The number of aromatic nitrogens is 3. The Kier molecular flexibility index (Phi) is 3.87. The van der Waals surface area contributed by atoms with Gasteiger partial charge in [-0.3, -0.25) is 9.97 Å². The maximum Gasteiger partial charge on any atom is 0.147 e. The number of hydrogen-bond acceptors (Lipinski definition) is 4. The van der Waals surface area contributed by atoms with Crippen LogP contribution in [0.5, 0.6) is 0 Å². The number of pyridine rings is 1.